The third kappa shape index (κ3) is 7.00. The molecule has 1 aromatic heterocycles. The SMILES string of the molecule is CC(C)C1=CC(OC(F)F)=CC(C(C)C)C1CC(=O)N=S(N)c1cnc(C(C)(C)O)s1. The standard InChI is InChI=1S/C21H31F2N3O3S2/c1-11(2)14-7-13(29-20(22)23)8-15(12(3)4)16(14)9-17(27)26-31(24)18-10-25-19(30-18)21(5,6)28/h7-8,10-12,14,16,20,28H,9H2,1-6H3,(H2,24,26,27). The second-order valence-electron chi connectivity index (χ2n) is 8.72. The molecule has 1 aromatic rings. The third-order valence-electron chi connectivity index (χ3n) is 5.03. The monoisotopic (exact) mass is 475 g/mol. The smallest absolute Gasteiger partial charge is 0.387 e. The van der Waals surface area contributed by atoms with E-state index >= 15 is 0 Å². The van der Waals surface area contributed by atoms with Crippen LogP contribution in [0.25, 0.3) is 0 Å². The van der Waals surface area contributed by atoms with Crippen LogP contribution >= 0.6 is 11.3 Å². The second-order valence-corrected chi connectivity index (χ2v) is 11.3. The van der Waals surface area contributed by atoms with Crippen LogP contribution in [0.5, 0.6) is 0 Å². The first-order valence-electron chi connectivity index (χ1n) is 10.1. The van der Waals surface area contributed by atoms with Gasteiger partial charge in [0.1, 0.15) is 20.6 Å². The molecule has 2 rings (SSSR count). The van der Waals surface area contributed by atoms with E-state index in [1.165, 1.54) is 17.5 Å². The number of hydrogen-bond donors (Lipinski definition) is 2. The molecule has 0 radical (unpaired) electrons. The van der Waals surface area contributed by atoms with Crippen molar-refractivity contribution < 1.29 is 23.4 Å². The van der Waals surface area contributed by atoms with Crippen molar-refractivity contribution in [3.05, 3.63) is 34.7 Å². The molecule has 0 saturated carbocycles. The molecule has 0 spiro atoms. The van der Waals surface area contributed by atoms with Crippen LogP contribution in [0, 0.1) is 23.7 Å². The van der Waals surface area contributed by atoms with E-state index in [0.717, 1.165) is 5.57 Å². The Morgan fingerprint density at radius 1 is 1.39 bits per heavy atom. The number of carbonyl (C=O) groups is 1. The number of halogens is 2. The molecule has 1 heterocycles. The molecule has 3 atom stereocenters. The lowest BCUT2D eigenvalue weighted by molar-refractivity contribution is -0.118. The van der Waals surface area contributed by atoms with Gasteiger partial charge in [0.15, 0.2) is 0 Å². The number of alkyl halides is 2. The highest BCUT2D eigenvalue weighted by Crippen LogP contribution is 2.40. The van der Waals surface area contributed by atoms with Gasteiger partial charge < -0.3 is 9.84 Å². The first-order valence-corrected chi connectivity index (χ1v) is 12.2. The molecular weight excluding hydrogens is 444 g/mol. The maximum Gasteiger partial charge on any atom is 0.387 e. The molecule has 1 amide bonds. The van der Waals surface area contributed by atoms with Crippen LogP contribution in [-0.2, 0) is 26.0 Å². The maximum atomic E-state index is 12.8. The minimum atomic E-state index is -2.90. The van der Waals surface area contributed by atoms with Crippen molar-refractivity contribution in [3.8, 4) is 0 Å². The zero-order chi connectivity index (χ0) is 23.5. The summed E-state index contributed by atoms with van der Waals surface area (Å²) in [7, 11) is -1.18. The van der Waals surface area contributed by atoms with E-state index in [1.54, 1.807) is 26.0 Å². The number of carbonyl (C=O) groups excluding carboxylic acids is 1. The molecule has 31 heavy (non-hydrogen) atoms. The van der Waals surface area contributed by atoms with Gasteiger partial charge in [-0.25, -0.2) is 4.98 Å². The number of thiazole rings is 1. The zero-order valence-corrected chi connectivity index (χ0v) is 20.3. The van der Waals surface area contributed by atoms with Crippen LogP contribution < -0.4 is 5.14 Å². The Balaban J connectivity index is 2.26. The van der Waals surface area contributed by atoms with Crippen molar-refractivity contribution in [2.45, 2.75) is 64.4 Å². The highest BCUT2D eigenvalue weighted by atomic mass is 32.2. The molecule has 0 bridgehead atoms. The lowest BCUT2D eigenvalue weighted by Gasteiger charge is -2.34. The Morgan fingerprint density at radius 2 is 2.03 bits per heavy atom. The average molecular weight is 476 g/mol. The predicted molar refractivity (Wildman–Crippen MR) is 119 cm³/mol. The van der Waals surface area contributed by atoms with Gasteiger partial charge in [0, 0.05) is 17.3 Å². The summed E-state index contributed by atoms with van der Waals surface area (Å²) in [5.74, 6) is -0.357. The Labute approximate surface area is 188 Å². The van der Waals surface area contributed by atoms with E-state index in [9.17, 15) is 18.7 Å². The van der Waals surface area contributed by atoms with E-state index in [4.69, 9.17) is 5.14 Å². The van der Waals surface area contributed by atoms with Gasteiger partial charge in [-0.1, -0.05) is 33.3 Å². The van der Waals surface area contributed by atoms with E-state index in [0.29, 0.717) is 9.22 Å². The van der Waals surface area contributed by atoms with Crippen molar-refractivity contribution in [2.75, 3.05) is 0 Å². The highest BCUT2D eigenvalue weighted by Gasteiger charge is 2.33. The summed E-state index contributed by atoms with van der Waals surface area (Å²) in [5, 5.41) is 16.7. The van der Waals surface area contributed by atoms with Gasteiger partial charge in [0.25, 0.3) is 5.91 Å². The Morgan fingerprint density at radius 3 is 2.52 bits per heavy atom. The number of allylic oxidation sites excluding steroid dienone is 3. The number of amides is 1. The van der Waals surface area contributed by atoms with Gasteiger partial charge in [-0.2, -0.15) is 13.1 Å². The number of ether oxygens (including phenoxy) is 1. The van der Waals surface area contributed by atoms with Crippen molar-refractivity contribution in [1.82, 2.24) is 4.98 Å². The maximum absolute atomic E-state index is 12.8. The van der Waals surface area contributed by atoms with Gasteiger partial charge in [0.2, 0.25) is 0 Å². The molecular formula is C21H31F2N3O3S2. The molecule has 0 aliphatic heterocycles. The molecule has 0 fully saturated rings. The summed E-state index contributed by atoms with van der Waals surface area (Å²) in [5.41, 5.74) is -0.204. The molecule has 1 aliphatic carbocycles. The molecule has 0 aromatic carbocycles. The fourth-order valence-corrected chi connectivity index (χ4v) is 5.43. The zero-order valence-electron chi connectivity index (χ0n) is 18.6. The summed E-state index contributed by atoms with van der Waals surface area (Å²) >= 11 is 1.22. The second kappa shape index (κ2) is 10.4. The Hall–Kier alpha value is -1.49. The number of rotatable bonds is 8. The summed E-state index contributed by atoms with van der Waals surface area (Å²) < 4.78 is 35.0. The summed E-state index contributed by atoms with van der Waals surface area (Å²) in [6.07, 6.45) is 4.96. The van der Waals surface area contributed by atoms with Crippen molar-refractivity contribution in [1.29, 1.82) is 0 Å². The lowest BCUT2D eigenvalue weighted by Crippen LogP contribution is -2.28. The number of hydrogen-bond acceptors (Lipinski definition) is 5. The van der Waals surface area contributed by atoms with Crippen LogP contribution in [0.4, 0.5) is 8.78 Å². The number of nitrogens with zero attached hydrogens (tertiary/aromatic N) is 2. The minimum Gasteiger partial charge on any atom is -0.435 e. The normalized spacial score (nSPS) is 20.9. The van der Waals surface area contributed by atoms with Crippen LogP contribution in [0.3, 0.4) is 0 Å². The average Bonchev–Trinajstić information content (AvgIpc) is 3.12. The fourth-order valence-electron chi connectivity index (χ4n) is 3.55. The van der Waals surface area contributed by atoms with Gasteiger partial charge in [0.05, 0.1) is 6.20 Å². The van der Waals surface area contributed by atoms with Crippen molar-refractivity contribution in [3.63, 3.8) is 0 Å². The van der Waals surface area contributed by atoms with Crippen molar-refractivity contribution >= 4 is 28.1 Å². The quantitative estimate of drug-likeness (QED) is 0.556. The molecule has 1 aliphatic rings. The summed E-state index contributed by atoms with van der Waals surface area (Å²) in [4.78, 5) is 17.0. The van der Waals surface area contributed by atoms with Gasteiger partial charge in [-0.15, -0.1) is 11.3 Å². The van der Waals surface area contributed by atoms with Crippen LogP contribution in [0.15, 0.2) is 38.3 Å². The molecule has 6 nitrogen and oxygen atoms in total. The van der Waals surface area contributed by atoms with E-state index < -0.39 is 23.1 Å². The predicted octanol–water partition coefficient (Wildman–Crippen LogP) is 4.93. The lowest BCUT2D eigenvalue weighted by atomic mass is 9.71. The Bertz CT molecular complexity index is 887. The van der Waals surface area contributed by atoms with Gasteiger partial charge in [-0.3, -0.25) is 9.93 Å². The van der Waals surface area contributed by atoms with E-state index in [1.807, 2.05) is 27.7 Å². The van der Waals surface area contributed by atoms with Crippen LogP contribution in [0.2, 0.25) is 0 Å². The van der Waals surface area contributed by atoms with Crippen LogP contribution in [0.1, 0.15) is 53.0 Å². The van der Waals surface area contributed by atoms with Crippen LogP contribution in [-0.4, -0.2) is 22.6 Å². The van der Waals surface area contributed by atoms with E-state index in [-0.39, 0.29) is 41.8 Å². The number of nitrogens with two attached hydrogens (primary N) is 1. The first kappa shape index (κ1) is 25.8. The molecule has 174 valence electrons. The fraction of sp³-hybridized carbons (Fsp3) is 0.619. The summed E-state index contributed by atoms with van der Waals surface area (Å²) in [6, 6.07) is 0. The van der Waals surface area contributed by atoms with Gasteiger partial charge >= 0.3 is 6.61 Å². The number of aliphatic hydroxyl groups is 1. The molecule has 3 N–H and O–H groups in total. The number of aromatic nitrogens is 1. The largest absolute Gasteiger partial charge is 0.435 e. The third-order valence-corrected chi connectivity index (χ3v) is 7.81. The highest BCUT2D eigenvalue weighted by molar-refractivity contribution is 7.87. The van der Waals surface area contributed by atoms with E-state index in [2.05, 4.69) is 14.1 Å². The molecule has 10 heteroatoms. The molecule has 0 saturated heterocycles. The minimum absolute atomic E-state index is 0.0518. The first-order chi connectivity index (χ1) is 14.3. The topological polar surface area (TPSA) is 97.8 Å². The Kier molecular flexibility index (Phi) is 8.66. The van der Waals surface area contributed by atoms with Gasteiger partial charge in [-0.05, 0) is 49.7 Å². The molecule has 3 unspecified atom stereocenters. The van der Waals surface area contributed by atoms with Crippen molar-refractivity contribution in [2.24, 2.45) is 33.2 Å². The summed E-state index contributed by atoms with van der Waals surface area (Å²) in [6.45, 7) is 8.26.